The second-order valence-corrected chi connectivity index (χ2v) is 7.65. The Morgan fingerprint density at radius 2 is 1.67 bits per heavy atom. The maximum Gasteiger partial charge on any atom is 0.113 e. The largest absolute Gasteiger partial charge is 0.398 e. The Kier molecular flexibility index (Phi) is 7.82. The Hall–Kier alpha value is -2.00. The lowest BCUT2D eigenvalue weighted by atomic mass is 9.89. The smallest absolute Gasteiger partial charge is 0.113 e. The Labute approximate surface area is 176 Å². The van der Waals surface area contributed by atoms with Gasteiger partial charge in [-0.2, -0.15) is 0 Å². The van der Waals surface area contributed by atoms with Crippen LogP contribution in [0, 0.1) is 0 Å². The topological polar surface area (TPSA) is 125 Å². The minimum atomic E-state index is -1.41. The minimum Gasteiger partial charge on any atom is -0.398 e. The molecule has 0 radical (unpaired) electrons. The quantitative estimate of drug-likeness (QED) is 0.320. The standard InChI is InChI=1S/C23H31NO6/c1-2-29-10-9-14-3-5-15(6-4-14)11-17-12-16(7-8-18(17)24)23-22(28)21(27)20(26)19(13-25)30-23/h3-8,12,19-23,25-28H,2,9-11,13,24H2,1H3/t19-,20-,21+,22-,23+/m1/s1. The second kappa shape index (κ2) is 10.3. The molecule has 30 heavy (non-hydrogen) atoms. The van der Waals surface area contributed by atoms with Gasteiger partial charge in [0, 0.05) is 12.3 Å². The Bertz CT molecular complexity index is 810. The molecule has 0 saturated carbocycles. The molecule has 0 aromatic heterocycles. The molecule has 7 nitrogen and oxygen atoms in total. The SMILES string of the molecule is CCOCCc1ccc(Cc2cc([C@@H]3O[C@H](CO)[C@@H](O)[C@H](O)[C@H]3O)ccc2N)cc1. The van der Waals surface area contributed by atoms with Gasteiger partial charge < -0.3 is 35.6 Å². The van der Waals surface area contributed by atoms with E-state index in [1.54, 1.807) is 12.1 Å². The van der Waals surface area contributed by atoms with Crippen molar-refractivity contribution in [3.8, 4) is 0 Å². The summed E-state index contributed by atoms with van der Waals surface area (Å²) in [7, 11) is 0. The van der Waals surface area contributed by atoms with E-state index in [9.17, 15) is 20.4 Å². The van der Waals surface area contributed by atoms with Crippen LogP contribution in [0.4, 0.5) is 5.69 Å². The number of anilines is 1. The molecular weight excluding hydrogens is 386 g/mol. The molecule has 1 heterocycles. The molecule has 0 unspecified atom stereocenters. The third-order valence-electron chi connectivity index (χ3n) is 5.54. The van der Waals surface area contributed by atoms with Crippen molar-refractivity contribution in [2.24, 2.45) is 0 Å². The fraction of sp³-hybridized carbons (Fsp3) is 0.478. The molecule has 1 fully saturated rings. The van der Waals surface area contributed by atoms with E-state index >= 15 is 0 Å². The number of ether oxygens (including phenoxy) is 2. The van der Waals surface area contributed by atoms with Gasteiger partial charge in [-0.25, -0.2) is 0 Å². The Balaban J connectivity index is 1.75. The van der Waals surface area contributed by atoms with Gasteiger partial charge in [0.05, 0.1) is 13.2 Å². The third-order valence-corrected chi connectivity index (χ3v) is 5.54. The normalized spacial score (nSPS) is 26.6. The van der Waals surface area contributed by atoms with Gasteiger partial charge in [-0.1, -0.05) is 36.4 Å². The van der Waals surface area contributed by atoms with Crippen molar-refractivity contribution >= 4 is 5.69 Å². The highest BCUT2D eigenvalue weighted by molar-refractivity contribution is 5.51. The second-order valence-electron chi connectivity index (χ2n) is 7.65. The van der Waals surface area contributed by atoms with Gasteiger partial charge in [-0.05, 0) is 48.1 Å². The summed E-state index contributed by atoms with van der Waals surface area (Å²) in [6.45, 7) is 2.93. The lowest BCUT2D eigenvalue weighted by Crippen LogP contribution is -2.55. The van der Waals surface area contributed by atoms with Crippen LogP contribution in [0.5, 0.6) is 0 Å². The maximum atomic E-state index is 10.4. The first kappa shape index (κ1) is 22.7. The number of aliphatic hydroxyl groups is 4. The first-order valence-corrected chi connectivity index (χ1v) is 10.3. The van der Waals surface area contributed by atoms with Gasteiger partial charge >= 0.3 is 0 Å². The first-order valence-electron chi connectivity index (χ1n) is 10.3. The molecule has 5 atom stereocenters. The fourth-order valence-corrected chi connectivity index (χ4v) is 3.71. The number of nitrogens with two attached hydrogens (primary N) is 1. The monoisotopic (exact) mass is 417 g/mol. The van der Waals surface area contributed by atoms with Crippen LogP contribution in [0.2, 0.25) is 0 Å². The maximum absolute atomic E-state index is 10.4. The summed E-state index contributed by atoms with van der Waals surface area (Å²) in [6, 6.07) is 13.6. The Morgan fingerprint density at radius 3 is 2.33 bits per heavy atom. The molecule has 1 aliphatic rings. The summed E-state index contributed by atoms with van der Waals surface area (Å²) < 4.78 is 11.1. The minimum absolute atomic E-state index is 0.459. The van der Waals surface area contributed by atoms with Gasteiger partial charge in [0.1, 0.15) is 30.5 Å². The molecule has 7 heteroatoms. The highest BCUT2D eigenvalue weighted by Crippen LogP contribution is 2.34. The van der Waals surface area contributed by atoms with Gasteiger partial charge in [0.2, 0.25) is 0 Å². The zero-order chi connectivity index (χ0) is 21.7. The summed E-state index contributed by atoms with van der Waals surface area (Å²) in [4.78, 5) is 0. The molecule has 164 valence electrons. The first-order chi connectivity index (χ1) is 14.4. The molecule has 2 aromatic rings. The average molecular weight is 418 g/mol. The molecule has 0 bridgehead atoms. The van der Waals surface area contributed by atoms with Gasteiger partial charge in [-0.3, -0.25) is 0 Å². The highest BCUT2D eigenvalue weighted by atomic mass is 16.5. The number of rotatable bonds is 8. The van der Waals surface area contributed by atoms with Crippen LogP contribution in [-0.4, -0.2) is 64.7 Å². The van der Waals surface area contributed by atoms with Crippen LogP contribution in [0.3, 0.4) is 0 Å². The van der Waals surface area contributed by atoms with Crippen LogP contribution < -0.4 is 5.73 Å². The number of hydrogen-bond acceptors (Lipinski definition) is 7. The van der Waals surface area contributed by atoms with Crippen molar-refractivity contribution < 1.29 is 29.9 Å². The third kappa shape index (κ3) is 5.18. The summed E-state index contributed by atoms with van der Waals surface area (Å²) in [5.41, 5.74) is 10.6. The lowest BCUT2D eigenvalue weighted by Gasteiger charge is -2.40. The van der Waals surface area contributed by atoms with Crippen molar-refractivity contribution in [3.05, 3.63) is 64.7 Å². The van der Waals surface area contributed by atoms with E-state index in [4.69, 9.17) is 15.2 Å². The molecule has 1 aliphatic heterocycles. The molecule has 2 aromatic carbocycles. The van der Waals surface area contributed by atoms with Crippen molar-refractivity contribution in [2.75, 3.05) is 25.6 Å². The van der Waals surface area contributed by atoms with Crippen LogP contribution in [0.1, 0.15) is 35.3 Å². The van der Waals surface area contributed by atoms with Gasteiger partial charge in [0.25, 0.3) is 0 Å². The molecule has 0 aliphatic carbocycles. The number of aliphatic hydroxyl groups excluding tert-OH is 4. The van der Waals surface area contributed by atoms with E-state index in [1.807, 2.05) is 13.0 Å². The molecule has 0 amide bonds. The number of hydrogen-bond donors (Lipinski definition) is 5. The molecule has 1 saturated heterocycles. The van der Waals surface area contributed by atoms with Gasteiger partial charge in [0.15, 0.2) is 0 Å². The van der Waals surface area contributed by atoms with Crippen molar-refractivity contribution in [1.29, 1.82) is 0 Å². The Morgan fingerprint density at radius 1 is 0.967 bits per heavy atom. The zero-order valence-electron chi connectivity index (χ0n) is 17.1. The highest BCUT2D eigenvalue weighted by Gasteiger charge is 2.43. The molecular formula is C23H31NO6. The lowest BCUT2D eigenvalue weighted by molar-refractivity contribution is -0.231. The van der Waals surface area contributed by atoms with Gasteiger partial charge in [-0.15, -0.1) is 0 Å². The summed E-state index contributed by atoms with van der Waals surface area (Å²) >= 11 is 0. The predicted octanol–water partition coefficient (Wildman–Crippen LogP) is 0.953. The van der Waals surface area contributed by atoms with E-state index in [-0.39, 0.29) is 0 Å². The van der Waals surface area contributed by atoms with E-state index in [1.165, 1.54) is 5.56 Å². The molecule has 6 N–H and O–H groups in total. The average Bonchev–Trinajstić information content (AvgIpc) is 2.75. The number of benzene rings is 2. The van der Waals surface area contributed by atoms with Crippen LogP contribution in [0.25, 0.3) is 0 Å². The number of nitrogen functional groups attached to an aromatic ring is 1. The zero-order valence-corrected chi connectivity index (χ0v) is 17.1. The van der Waals surface area contributed by atoms with Crippen LogP contribution in [-0.2, 0) is 22.3 Å². The van der Waals surface area contributed by atoms with Crippen molar-refractivity contribution in [2.45, 2.75) is 50.3 Å². The van der Waals surface area contributed by atoms with Crippen molar-refractivity contribution in [3.63, 3.8) is 0 Å². The van der Waals surface area contributed by atoms with E-state index in [0.29, 0.717) is 30.9 Å². The van der Waals surface area contributed by atoms with E-state index in [0.717, 1.165) is 17.5 Å². The predicted molar refractivity (Wildman–Crippen MR) is 113 cm³/mol. The van der Waals surface area contributed by atoms with Crippen molar-refractivity contribution in [1.82, 2.24) is 0 Å². The fourth-order valence-electron chi connectivity index (χ4n) is 3.71. The summed E-state index contributed by atoms with van der Waals surface area (Å²) in [5, 5.41) is 39.8. The van der Waals surface area contributed by atoms with E-state index < -0.39 is 37.1 Å². The summed E-state index contributed by atoms with van der Waals surface area (Å²) in [6.07, 6.45) is -4.46. The van der Waals surface area contributed by atoms with Crippen LogP contribution in [0.15, 0.2) is 42.5 Å². The van der Waals surface area contributed by atoms with Crippen LogP contribution >= 0.6 is 0 Å². The molecule has 3 rings (SSSR count). The molecule has 0 spiro atoms. The van der Waals surface area contributed by atoms with E-state index in [2.05, 4.69) is 24.3 Å². The summed E-state index contributed by atoms with van der Waals surface area (Å²) in [5.74, 6) is 0.